The predicted octanol–water partition coefficient (Wildman–Crippen LogP) is 3.11. The second-order valence-electron chi connectivity index (χ2n) is 5.52. The van der Waals surface area contributed by atoms with E-state index in [1.165, 1.54) is 18.5 Å². The van der Waals surface area contributed by atoms with Crippen molar-refractivity contribution in [3.05, 3.63) is 78.1 Å². The Morgan fingerprint density at radius 2 is 1.85 bits per heavy atom. The van der Waals surface area contributed by atoms with Gasteiger partial charge in [-0.25, -0.2) is 0 Å². The normalized spacial score (nSPS) is 10.2. The summed E-state index contributed by atoms with van der Waals surface area (Å²) in [5, 5.41) is 2.68. The Labute approximate surface area is 150 Å². The van der Waals surface area contributed by atoms with Crippen molar-refractivity contribution in [3.63, 3.8) is 0 Å². The average molecular weight is 347 g/mol. The molecule has 3 N–H and O–H groups in total. The molecule has 0 saturated carbocycles. The lowest BCUT2D eigenvalue weighted by molar-refractivity contribution is 0.100. The molecule has 1 heterocycles. The van der Waals surface area contributed by atoms with Gasteiger partial charge in [0.25, 0.3) is 11.8 Å². The summed E-state index contributed by atoms with van der Waals surface area (Å²) in [6.07, 6.45) is 2.83. The second-order valence-corrected chi connectivity index (χ2v) is 5.52. The topological polar surface area (TPSA) is 94.3 Å². The molecule has 6 heteroatoms. The van der Waals surface area contributed by atoms with Crippen LogP contribution in [0.25, 0.3) is 11.1 Å². The molecule has 0 atom stereocenters. The molecule has 130 valence electrons. The highest BCUT2D eigenvalue weighted by Gasteiger charge is 2.15. The molecule has 6 nitrogen and oxygen atoms in total. The number of anilines is 1. The van der Waals surface area contributed by atoms with Crippen molar-refractivity contribution in [2.75, 3.05) is 12.4 Å². The van der Waals surface area contributed by atoms with Gasteiger partial charge in [0.15, 0.2) is 0 Å². The number of nitrogens with two attached hydrogens (primary N) is 1. The van der Waals surface area contributed by atoms with Gasteiger partial charge in [0, 0.05) is 17.3 Å². The standard InChI is InChI=1S/C20H17N3O3/c1-26-18-8-7-14(11-16(18)13-5-3-2-4-6-13)20(25)23-17-12-22-10-9-15(17)19(21)24/h2-12H,1H3,(H2,21,24)(H,23,25). The van der Waals surface area contributed by atoms with E-state index >= 15 is 0 Å². The van der Waals surface area contributed by atoms with E-state index in [0.717, 1.165) is 11.1 Å². The lowest BCUT2D eigenvalue weighted by atomic mass is 10.0. The SMILES string of the molecule is COc1ccc(C(=O)Nc2cnccc2C(N)=O)cc1-c1ccccc1. The minimum Gasteiger partial charge on any atom is -0.496 e. The molecule has 0 bridgehead atoms. The third-order valence-corrected chi connectivity index (χ3v) is 3.88. The van der Waals surface area contributed by atoms with Crippen molar-refractivity contribution in [1.29, 1.82) is 0 Å². The maximum Gasteiger partial charge on any atom is 0.255 e. The smallest absolute Gasteiger partial charge is 0.255 e. The van der Waals surface area contributed by atoms with Gasteiger partial charge in [0.1, 0.15) is 5.75 Å². The van der Waals surface area contributed by atoms with Crippen molar-refractivity contribution in [2.24, 2.45) is 5.73 Å². The van der Waals surface area contributed by atoms with E-state index in [0.29, 0.717) is 11.3 Å². The fourth-order valence-corrected chi connectivity index (χ4v) is 2.60. The molecule has 0 aliphatic rings. The van der Waals surface area contributed by atoms with E-state index in [4.69, 9.17) is 10.5 Å². The third-order valence-electron chi connectivity index (χ3n) is 3.88. The summed E-state index contributed by atoms with van der Waals surface area (Å²) >= 11 is 0. The lowest BCUT2D eigenvalue weighted by Gasteiger charge is -2.12. The number of ether oxygens (including phenoxy) is 1. The summed E-state index contributed by atoms with van der Waals surface area (Å²) in [6.45, 7) is 0. The summed E-state index contributed by atoms with van der Waals surface area (Å²) in [5.41, 5.74) is 7.94. The predicted molar refractivity (Wildman–Crippen MR) is 99.1 cm³/mol. The van der Waals surface area contributed by atoms with Crippen molar-refractivity contribution in [2.45, 2.75) is 0 Å². The second kappa shape index (κ2) is 7.48. The molecule has 2 aromatic carbocycles. The maximum absolute atomic E-state index is 12.6. The van der Waals surface area contributed by atoms with Crippen LogP contribution in [0.5, 0.6) is 5.75 Å². The Kier molecular flexibility index (Phi) is 4.94. The van der Waals surface area contributed by atoms with E-state index in [1.807, 2.05) is 30.3 Å². The van der Waals surface area contributed by atoms with Crippen LogP contribution >= 0.6 is 0 Å². The molecule has 3 rings (SSSR count). The zero-order valence-corrected chi connectivity index (χ0v) is 14.1. The molecule has 0 saturated heterocycles. The van der Waals surface area contributed by atoms with Gasteiger partial charge in [0.05, 0.1) is 24.6 Å². The molecule has 0 spiro atoms. The molecule has 3 aromatic rings. The van der Waals surface area contributed by atoms with Crippen LogP contribution in [0.4, 0.5) is 5.69 Å². The van der Waals surface area contributed by atoms with E-state index in [1.54, 1.807) is 25.3 Å². The van der Waals surface area contributed by atoms with Gasteiger partial charge in [-0.2, -0.15) is 0 Å². The number of nitrogens with one attached hydrogen (secondary N) is 1. The highest BCUT2D eigenvalue weighted by atomic mass is 16.5. The van der Waals surface area contributed by atoms with Crippen LogP contribution in [0.2, 0.25) is 0 Å². The summed E-state index contributed by atoms with van der Waals surface area (Å²) < 4.78 is 5.40. The highest BCUT2D eigenvalue weighted by Crippen LogP contribution is 2.31. The zero-order chi connectivity index (χ0) is 18.5. The largest absolute Gasteiger partial charge is 0.496 e. The fraction of sp³-hybridized carbons (Fsp3) is 0.0500. The number of hydrogen-bond donors (Lipinski definition) is 2. The molecule has 0 aliphatic heterocycles. The number of aromatic nitrogens is 1. The molecular weight excluding hydrogens is 330 g/mol. The number of amides is 2. The third kappa shape index (κ3) is 3.54. The first-order valence-electron chi connectivity index (χ1n) is 7.89. The average Bonchev–Trinajstić information content (AvgIpc) is 2.68. The van der Waals surface area contributed by atoms with Crippen LogP contribution in [0.15, 0.2) is 67.0 Å². The van der Waals surface area contributed by atoms with Crippen LogP contribution in [-0.4, -0.2) is 23.9 Å². The lowest BCUT2D eigenvalue weighted by Crippen LogP contribution is -2.18. The molecule has 0 radical (unpaired) electrons. The van der Waals surface area contributed by atoms with E-state index < -0.39 is 5.91 Å². The molecule has 1 aromatic heterocycles. The number of benzene rings is 2. The molecule has 0 aliphatic carbocycles. The van der Waals surface area contributed by atoms with E-state index in [9.17, 15) is 9.59 Å². The summed E-state index contributed by atoms with van der Waals surface area (Å²) in [4.78, 5) is 28.1. The zero-order valence-electron chi connectivity index (χ0n) is 14.1. The first-order chi connectivity index (χ1) is 12.6. The van der Waals surface area contributed by atoms with E-state index in [2.05, 4.69) is 10.3 Å². The number of carbonyl (C=O) groups is 2. The van der Waals surface area contributed by atoms with Crippen LogP contribution in [0, 0.1) is 0 Å². The van der Waals surface area contributed by atoms with E-state index in [-0.39, 0.29) is 17.2 Å². The van der Waals surface area contributed by atoms with Gasteiger partial charge in [-0.3, -0.25) is 14.6 Å². The van der Waals surface area contributed by atoms with Gasteiger partial charge in [-0.1, -0.05) is 30.3 Å². The van der Waals surface area contributed by atoms with Crippen molar-refractivity contribution in [1.82, 2.24) is 4.98 Å². The first-order valence-corrected chi connectivity index (χ1v) is 7.89. The van der Waals surface area contributed by atoms with Gasteiger partial charge in [0.2, 0.25) is 0 Å². The Morgan fingerprint density at radius 1 is 1.08 bits per heavy atom. The number of primary amides is 1. The Morgan fingerprint density at radius 3 is 2.54 bits per heavy atom. The number of rotatable bonds is 5. The van der Waals surface area contributed by atoms with Gasteiger partial charge in [-0.05, 0) is 29.8 Å². The minimum absolute atomic E-state index is 0.199. The summed E-state index contributed by atoms with van der Waals surface area (Å²) in [7, 11) is 1.58. The minimum atomic E-state index is -0.637. The summed E-state index contributed by atoms with van der Waals surface area (Å²) in [6, 6.07) is 16.2. The Hall–Kier alpha value is -3.67. The number of pyridine rings is 1. The molecular formula is C20H17N3O3. The monoisotopic (exact) mass is 347 g/mol. The van der Waals surface area contributed by atoms with Crippen molar-refractivity contribution in [3.8, 4) is 16.9 Å². The van der Waals surface area contributed by atoms with Gasteiger partial charge in [-0.15, -0.1) is 0 Å². The highest BCUT2D eigenvalue weighted by molar-refractivity contribution is 6.09. The van der Waals surface area contributed by atoms with Gasteiger partial charge < -0.3 is 15.8 Å². The van der Waals surface area contributed by atoms with Crippen LogP contribution in [-0.2, 0) is 0 Å². The van der Waals surface area contributed by atoms with Crippen molar-refractivity contribution >= 4 is 17.5 Å². The van der Waals surface area contributed by atoms with Crippen LogP contribution in [0.1, 0.15) is 20.7 Å². The molecule has 0 fully saturated rings. The molecule has 2 amide bonds. The number of nitrogens with zero attached hydrogens (tertiary/aromatic N) is 1. The van der Waals surface area contributed by atoms with Crippen LogP contribution < -0.4 is 15.8 Å². The summed E-state index contributed by atoms with van der Waals surface area (Å²) in [5.74, 6) is -0.352. The number of hydrogen-bond acceptors (Lipinski definition) is 4. The maximum atomic E-state index is 12.6. The number of carbonyl (C=O) groups excluding carboxylic acids is 2. The van der Waals surface area contributed by atoms with Crippen LogP contribution in [0.3, 0.4) is 0 Å². The van der Waals surface area contributed by atoms with Gasteiger partial charge >= 0.3 is 0 Å². The van der Waals surface area contributed by atoms with Crippen molar-refractivity contribution < 1.29 is 14.3 Å². The Bertz CT molecular complexity index is 956. The Balaban J connectivity index is 1.95. The molecule has 26 heavy (non-hydrogen) atoms. The number of methoxy groups -OCH3 is 1. The fourth-order valence-electron chi connectivity index (χ4n) is 2.60. The molecule has 0 unspecified atom stereocenters. The first kappa shape index (κ1) is 17.2. The quantitative estimate of drug-likeness (QED) is 0.741.